The van der Waals surface area contributed by atoms with Crippen molar-refractivity contribution in [2.75, 3.05) is 5.32 Å². The number of fused-ring (bicyclic) bond motifs is 1. The van der Waals surface area contributed by atoms with Crippen LogP contribution in [0.25, 0.3) is 5.52 Å². The molecule has 3 aromatic rings. The van der Waals surface area contributed by atoms with Gasteiger partial charge in [-0.2, -0.15) is 10.1 Å². The Morgan fingerprint density at radius 3 is 3.11 bits per heavy atom. The average Bonchev–Trinajstić information content (AvgIpc) is 2.96. The summed E-state index contributed by atoms with van der Waals surface area (Å²) in [4.78, 5) is 15.0. The van der Waals surface area contributed by atoms with Crippen molar-refractivity contribution in [1.29, 1.82) is 0 Å². The fourth-order valence-electron chi connectivity index (χ4n) is 1.63. The molecule has 3 heterocycles. The van der Waals surface area contributed by atoms with Crippen LogP contribution < -0.4 is 11.1 Å². The van der Waals surface area contributed by atoms with Crippen LogP contribution in [-0.2, 0) is 0 Å². The number of primary amides is 1. The fraction of sp³-hybridized carbons (Fsp3) is 0. The summed E-state index contributed by atoms with van der Waals surface area (Å²) in [7, 11) is 0. The number of nitrogens with one attached hydrogen (secondary N) is 2. The topological polar surface area (TPSA) is 114 Å². The van der Waals surface area contributed by atoms with Crippen LogP contribution in [0.4, 0.5) is 11.6 Å². The van der Waals surface area contributed by atoms with E-state index in [0.29, 0.717) is 11.6 Å². The van der Waals surface area contributed by atoms with Crippen LogP contribution >= 0.6 is 11.6 Å². The summed E-state index contributed by atoms with van der Waals surface area (Å²) in [5.74, 6) is 0.299. The zero-order chi connectivity index (χ0) is 13.4. The number of aromatic nitrogens is 5. The summed E-state index contributed by atoms with van der Waals surface area (Å²) in [5.41, 5.74) is 6.06. The zero-order valence-corrected chi connectivity index (χ0v) is 10.2. The summed E-state index contributed by atoms with van der Waals surface area (Å²) in [5, 5.41) is 13.5. The Bertz CT molecular complexity index is 762. The van der Waals surface area contributed by atoms with Crippen molar-refractivity contribution < 1.29 is 4.79 Å². The molecule has 9 heteroatoms. The van der Waals surface area contributed by atoms with Crippen molar-refractivity contribution in [2.45, 2.75) is 0 Å². The Kier molecular flexibility index (Phi) is 2.57. The van der Waals surface area contributed by atoms with Gasteiger partial charge < -0.3 is 11.1 Å². The van der Waals surface area contributed by atoms with Gasteiger partial charge in [0.1, 0.15) is 11.2 Å². The van der Waals surface area contributed by atoms with E-state index in [9.17, 15) is 4.79 Å². The minimum Gasteiger partial charge on any atom is -0.364 e. The van der Waals surface area contributed by atoms with Crippen LogP contribution in [-0.4, -0.2) is 30.7 Å². The van der Waals surface area contributed by atoms with Crippen LogP contribution in [0.3, 0.4) is 0 Å². The number of rotatable bonds is 3. The number of nitrogens with two attached hydrogens (primary N) is 1. The number of hydrogen-bond acceptors (Lipinski definition) is 5. The zero-order valence-electron chi connectivity index (χ0n) is 9.46. The van der Waals surface area contributed by atoms with Gasteiger partial charge in [0.25, 0.3) is 5.91 Å². The molecule has 0 atom stereocenters. The number of halogens is 1. The molecular formula is C10H8ClN7O. The number of hydrogen-bond donors (Lipinski definition) is 3. The molecule has 0 unspecified atom stereocenters. The number of carbonyl (C=O) groups is 1. The van der Waals surface area contributed by atoms with Crippen LogP contribution in [0, 0.1) is 0 Å². The predicted molar refractivity (Wildman–Crippen MR) is 68.4 cm³/mol. The summed E-state index contributed by atoms with van der Waals surface area (Å²) in [6, 6.07) is 5.11. The second-order valence-corrected chi connectivity index (χ2v) is 4.06. The third-order valence-corrected chi connectivity index (χ3v) is 2.62. The van der Waals surface area contributed by atoms with Crippen LogP contribution in [0.5, 0.6) is 0 Å². The van der Waals surface area contributed by atoms with Gasteiger partial charge in [0.05, 0.1) is 0 Å². The second-order valence-electron chi connectivity index (χ2n) is 3.72. The molecule has 96 valence electrons. The van der Waals surface area contributed by atoms with E-state index in [4.69, 9.17) is 17.3 Å². The van der Waals surface area contributed by atoms with Gasteiger partial charge in [-0.25, -0.2) is 4.52 Å². The highest BCUT2D eigenvalue weighted by Gasteiger charge is 2.10. The number of anilines is 2. The lowest BCUT2D eigenvalue weighted by atomic mass is 10.4. The van der Waals surface area contributed by atoms with Crippen molar-refractivity contribution >= 4 is 34.7 Å². The maximum absolute atomic E-state index is 11.0. The monoisotopic (exact) mass is 277 g/mol. The molecule has 0 saturated carbocycles. The molecule has 0 aliphatic rings. The lowest BCUT2D eigenvalue weighted by Gasteiger charge is -2.04. The Hall–Kier alpha value is -2.61. The van der Waals surface area contributed by atoms with E-state index in [2.05, 4.69) is 25.6 Å². The lowest BCUT2D eigenvalue weighted by molar-refractivity contribution is 0.0995. The Balaban J connectivity index is 2.00. The number of carbonyl (C=O) groups excluding carboxylic acids is 1. The highest BCUT2D eigenvalue weighted by Crippen LogP contribution is 2.20. The van der Waals surface area contributed by atoms with Crippen LogP contribution in [0.2, 0.25) is 5.28 Å². The highest BCUT2D eigenvalue weighted by atomic mass is 35.5. The molecule has 3 rings (SSSR count). The summed E-state index contributed by atoms with van der Waals surface area (Å²) in [6.45, 7) is 0. The highest BCUT2D eigenvalue weighted by molar-refractivity contribution is 6.28. The first-order valence-electron chi connectivity index (χ1n) is 5.26. The third-order valence-electron chi connectivity index (χ3n) is 2.45. The Morgan fingerprint density at radius 1 is 1.53 bits per heavy atom. The molecule has 0 spiro atoms. The Morgan fingerprint density at radius 2 is 2.37 bits per heavy atom. The quantitative estimate of drug-likeness (QED) is 0.659. The molecule has 1 amide bonds. The maximum Gasteiger partial charge on any atom is 0.266 e. The van der Waals surface area contributed by atoms with E-state index in [0.717, 1.165) is 5.52 Å². The number of aromatic amines is 1. The lowest BCUT2D eigenvalue weighted by Crippen LogP contribution is -2.11. The van der Waals surface area contributed by atoms with E-state index in [1.807, 2.05) is 12.1 Å². The van der Waals surface area contributed by atoms with E-state index >= 15 is 0 Å². The SMILES string of the molecule is NC(=O)c1cc(Nc2nc(Cl)nn3cccc23)n[nH]1. The van der Waals surface area contributed by atoms with E-state index in [1.165, 1.54) is 6.07 Å². The fourth-order valence-corrected chi connectivity index (χ4v) is 1.80. The van der Waals surface area contributed by atoms with Crippen molar-refractivity contribution in [3.05, 3.63) is 35.4 Å². The molecule has 0 aliphatic carbocycles. The summed E-state index contributed by atoms with van der Waals surface area (Å²) in [6.07, 6.45) is 1.74. The Labute approximate surface area is 111 Å². The first kappa shape index (κ1) is 11.5. The predicted octanol–water partition coefficient (Wildman–Crippen LogP) is 0.948. The van der Waals surface area contributed by atoms with Gasteiger partial charge in [-0.05, 0) is 23.7 Å². The molecule has 0 fully saturated rings. The molecule has 0 aromatic carbocycles. The number of amides is 1. The molecule has 8 nitrogen and oxygen atoms in total. The smallest absolute Gasteiger partial charge is 0.266 e. The minimum atomic E-state index is -0.589. The van der Waals surface area contributed by atoms with Gasteiger partial charge in [0.15, 0.2) is 11.6 Å². The largest absolute Gasteiger partial charge is 0.364 e. The second kappa shape index (κ2) is 4.25. The van der Waals surface area contributed by atoms with Gasteiger partial charge in [0.2, 0.25) is 5.28 Å². The van der Waals surface area contributed by atoms with Gasteiger partial charge >= 0.3 is 0 Å². The van der Waals surface area contributed by atoms with Crippen LogP contribution in [0.1, 0.15) is 10.5 Å². The van der Waals surface area contributed by atoms with Gasteiger partial charge in [-0.3, -0.25) is 9.89 Å². The van der Waals surface area contributed by atoms with E-state index in [1.54, 1.807) is 10.7 Å². The molecule has 0 saturated heterocycles. The molecular weight excluding hydrogens is 270 g/mol. The number of H-pyrrole nitrogens is 1. The van der Waals surface area contributed by atoms with Crippen molar-refractivity contribution in [3.63, 3.8) is 0 Å². The average molecular weight is 278 g/mol. The minimum absolute atomic E-state index is 0.0943. The maximum atomic E-state index is 11.0. The molecule has 19 heavy (non-hydrogen) atoms. The summed E-state index contributed by atoms with van der Waals surface area (Å²) < 4.78 is 1.58. The number of nitrogens with zero attached hydrogens (tertiary/aromatic N) is 4. The molecule has 4 N–H and O–H groups in total. The molecule has 0 bridgehead atoms. The third kappa shape index (κ3) is 2.08. The van der Waals surface area contributed by atoms with E-state index < -0.39 is 5.91 Å². The van der Waals surface area contributed by atoms with E-state index in [-0.39, 0.29) is 11.0 Å². The normalized spacial score (nSPS) is 10.8. The molecule has 0 radical (unpaired) electrons. The molecule has 3 aromatic heterocycles. The van der Waals surface area contributed by atoms with Gasteiger partial charge in [-0.15, -0.1) is 5.10 Å². The standard InChI is InChI=1S/C10H8ClN7O/c11-10-14-9(6-2-1-3-18(6)17-10)13-7-4-5(8(12)19)15-16-7/h1-4H,(H2,12,19)(H2,13,14,15,16,17). The summed E-state index contributed by atoms with van der Waals surface area (Å²) >= 11 is 5.82. The van der Waals surface area contributed by atoms with Crippen molar-refractivity contribution in [3.8, 4) is 0 Å². The first-order valence-corrected chi connectivity index (χ1v) is 5.64. The van der Waals surface area contributed by atoms with Gasteiger partial charge in [0, 0.05) is 12.3 Å². The van der Waals surface area contributed by atoms with Gasteiger partial charge in [-0.1, -0.05) is 0 Å². The first-order chi connectivity index (χ1) is 9.13. The van der Waals surface area contributed by atoms with Crippen molar-refractivity contribution in [1.82, 2.24) is 24.8 Å². The van der Waals surface area contributed by atoms with Crippen molar-refractivity contribution in [2.24, 2.45) is 5.73 Å². The van der Waals surface area contributed by atoms with Crippen LogP contribution in [0.15, 0.2) is 24.4 Å². The molecule has 0 aliphatic heterocycles.